The number of hydrogen-bond donors (Lipinski definition) is 2. The Morgan fingerprint density at radius 3 is 2.59 bits per heavy atom. The molecule has 0 aromatic carbocycles. The van der Waals surface area contributed by atoms with E-state index >= 15 is 0 Å². The summed E-state index contributed by atoms with van der Waals surface area (Å²) in [5, 5.41) is 9.64. The van der Waals surface area contributed by atoms with E-state index in [4.69, 9.17) is 0 Å². The zero-order valence-corrected chi connectivity index (χ0v) is 13.2. The van der Waals surface area contributed by atoms with Gasteiger partial charge in [0.25, 0.3) is 0 Å². The SMILES string of the molecule is Cc1nn(C)c(C)c1NC(=O)C(=O)NC[C@@H]1C[C@H]2C=C[C@H]1C2. The second-order valence-corrected chi connectivity index (χ2v) is 6.37. The molecule has 0 spiro atoms. The summed E-state index contributed by atoms with van der Waals surface area (Å²) in [6.07, 6.45) is 6.82. The maximum Gasteiger partial charge on any atom is 0.313 e. The molecule has 1 saturated carbocycles. The lowest BCUT2D eigenvalue weighted by Gasteiger charge is -2.18. The summed E-state index contributed by atoms with van der Waals surface area (Å²) in [4.78, 5) is 24.0. The van der Waals surface area contributed by atoms with Gasteiger partial charge in [-0.05, 0) is 44.4 Å². The number of hydrogen-bond acceptors (Lipinski definition) is 3. The lowest BCUT2D eigenvalue weighted by Crippen LogP contribution is -2.39. The van der Waals surface area contributed by atoms with E-state index in [9.17, 15) is 9.59 Å². The van der Waals surface area contributed by atoms with Crippen LogP contribution in [0.2, 0.25) is 0 Å². The molecule has 3 rings (SSSR count). The van der Waals surface area contributed by atoms with Gasteiger partial charge in [0.15, 0.2) is 0 Å². The fourth-order valence-electron chi connectivity index (χ4n) is 3.56. The number of nitrogens with zero attached hydrogens (tertiary/aromatic N) is 2. The highest BCUT2D eigenvalue weighted by molar-refractivity contribution is 6.39. The van der Waals surface area contributed by atoms with Crippen molar-refractivity contribution < 1.29 is 9.59 Å². The third kappa shape index (κ3) is 2.65. The summed E-state index contributed by atoms with van der Waals surface area (Å²) in [5.74, 6) is 0.499. The number of carbonyl (C=O) groups excluding carboxylic acids is 2. The zero-order chi connectivity index (χ0) is 15.9. The Balaban J connectivity index is 1.54. The first-order valence-electron chi connectivity index (χ1n) is 7.73. The first kappa shape index (κ1) is 14.8. The number of anilines is 1. The second kappa shape index (κ2) is 5.59. The van der Waals surface area contributed by atoms with E-state index in [-0.39, 0.29) is 0 Å². The van der Waals surface area contributed by atoms with Gasteiger partial charge in [0, 0.05) is 13.6 Å². The number of rotatable bonds is 3. The van der Waals surface area contributed by atoms with Gasteiger partial charge in [-0.25, -0.2) is 0 Å². The molecule has 1 aromatic rings. The molecule has 0 aliphatic heterocycles. The molecule has 1 heterocycles. The van der Waals surface area contributed by atoms with E-state index in [1.807, 2.05) is 13.8 Å². The molecule has 1 fully saturated rings. The smallest absolute Gasteiger partial charge is 0.313 e. The van der Waals surface area contributed by atoms with Crippen molar-refractivity contribution in [2.45, 2.75) is 26.7 Å². The molecule has 2 aliphatic rings. The molecular weight excluding hydrogens is 280 g/mol. The summed E-state index contributed by atoms with van der Waals surface area (Å²) in [5.41, 5.74) is 2.15. The van der Waals surface area contributed by atoms with Crippen LogP contribution < -0.4 is 10.6 Å². The molecule has 1 aromatic heterocycles. The van der Waals surface area contributed by atoms with Gasteiger partial charge >= 0.3 is 11.8 Å². The Hall–Kier alpha value is -2.11. The van der Waals surface area contributed by atoms with Gasteiger partial charge in [-0.3, -0.25) is 14.3 Å². The number of amides is 2. The number of allylic oxidation sites excluding steroid dienone is 2. The highest BCUT2D eigenvalue weighted by atomic mass is 16.2. The summed E-state index contributed by atoms with van der Waals surface area (Å²) in [7, 11) is 1.81. The van der Waals surface area contributed by atoms with Gasteiger partial charge in [-0.15, -0.1) is 0 Å². The molecule has 3 atom stereocenters. The minimum absolute atomic E-state index is 0.466. The van der Waals surface area contributed by atoms with Gasteiger partial charge in [0.1, 0.15) is 0 Å². The van der Waals surface area contributed by atoms with Gasteiger partial charge < -0.3 is 10.6 Å². The molecule has 2 N–H and O–H groups in total. The molecular formula is C16H22N4O2. The molecule has 6 heteroatoms. The fourth-order valence-corrected chi connectivity index (χ4v) is 3.56. The Labute approximate surface area is 130 Å². The largest absolute Gasteiger partial charge is 0.348 e. The second-order valence-electron chi connectivity index (χ2n) is 6.37. The number of aryl methyl sites for hydroxylation is 2. The number of nitrogens with one attached hydrogen (secondary N) is 2. The summed E-state index contributed by atoms with van der Waals surface area (Å²) >= 11 is 0. The molecule has 2 aliphatic carbocycles. The fraction of sp³-hybridized carbons (Fsp3) is 0.562. The number of fused-ring (bicyclic) bond motifs is 2. The van der Waals surface area contributed by atoms with E-state index in [0.717, 1.165) is 12.1 Å². The highest BCUT2D eigenvalue weighted by Crippen LogP contribution is 2.42. The van der Waals surface area contributed by atoms with Crippen LogP contribution in [0.4, 0.5) is 5.69 Å². The third-order valence-electron chi connectivity index (χ3n) is 4.89. The van der Waals surface area contributed by atoms with Crippen molar-refractivity contribution in [3.05, 3.63) is 23.5 Å². The van der Waals surface area contributed by atoms with E-state index in [0.29, 0.717) is 35.7 Å². The van der Waals surface area contributed by atoms with Crippen molar-refractivity contribution in [3.63, 3.8) is 0 Å². The highest BCUT2D eigenvalue weighted by Gasteiger charge is 2.35. The maximum atomic E-state index is 12.0. The van der Waals surface area contributed by atoms with Crippen molar-refractivity contribution in [2.24, 2.45) is 24.8 Å². The van der Waals surface area contributed by atoms with Crippen molar-refractivity contribution >= 4 is 17.5 Å². The lowest BCUT2D eigenvalue weighted by molar-refractivity contribution is -0.136. The average Bonchev–Trinajstić information content (AvgIpc) is 3.16. The molecule has 22 heavy (non-hydrogen) atoms. The van der Waals surface area contributed by atoms with E-state index in [1.165, 1.54) is 6.42 Å². The van der Waals surface area contributed by atoms with Gasteiger partial charge in [-0.1, -0.05) is 12.2 Å². The first-order chi connectivity index (χ1) is 10.5. The van der Waals surface area contributed by atoms with Crippen LogP contribution in [-0.4, -0.2) is 28.1 Å². The van der Waals surface area contributed by atoms with E-state index < -0.39 is 11.8 Å². The minimum atomic E-state index is -0.627. The predicted octanol–water partition coefficient (Wildman–Crippen LogP) is 1.30. The van der Waals surface area contributed by atoms with Crippen LogP contribution in [0.3, 0.4) is 0 Å². The van der Waals surface area contributed by atoms with Gasteiger partial charge in [0.2, 0.25) is 0 Å². The van der Waals surface area contributed by atoms with Crippen LogP contribution in [0.25, 0.3) is 0 Å². The molecule has 6 nitrogen and oxygen atoms in total. The standard InChI is InChI=1S/C16H22N4O2/c1-9-14(10(2)20(3)19-9)18-16(22)15(21)17-8-13-7-11-4-5-12(13)6-11/h4-5,11-13H,6-8H2,1-3H3,(H,17,21)(H,18,22)/t11-,12-,13-/m0/s1. The normalized spacial score (nSPS) is 25.5. The van der Waals surface area contributed by atoms with Crippen LogP contribution in [0.15, 0.2) is 12.2 Å². The average molecular weight is 302 g/mol. The maximum absolute atomic E-state index is 12.0. The Bertz CT molecular complexity index is 647. The number of carbonyl (C=O) groups is 2. The summed E-state index contributed by atoms with van der Waals surface area (Å²) in [6.45, 7) is 4.24. The quantitative estimate of drug-likeness (QED) is 0.653. The minimum Gasteiger partial charge on any atom is -0.348 e. The molecule has 118 valence electrons. The van der Waals surface area contributed by atoms with Crippen LogP contribution in [-0.2, 0) is 16.6 Å². The van der Waals surface area contributed by atoms with Crippen molar-refractivity contribution in [3.8, 4) is 0 Å². The zero-order valence-electron chi connectivity index (χ0n) is 13.2. The lowest BCUT2D eigenvalue weighted by atomic mass is 9.94. The van der Waals surface area contributed by atoms with Crippen molar-refractivity contribution in [1.82, 2.24) is 15.1 Å². The molecule has 0 saturated heterocycles. The van der Waals surface area contributed by atoms with E-state index in [2.05, 4.69) is 27.9 Å². The monoisotopic (exact) mass is 302 g/mol. The third-order valence-corrected chi connectivity index (χ3v) is 4.89. The van der Waals surface area contributed by atoms with Crippen LogP contribution >= 0.6 is 0 Å². The summed E-state index contributed by atoms with van der Waals surface area (Å²) in [6, 6.07) is 0. The van der Waals surface area contributed by atoms with Crippen molar-refractivity contribution in [1.29, 1.82) is 0 Å². The molecule has 2 bridgehead atoms. The first-order valence-corrected chi connectivity index (χ1v) is 7.73. The van der Waals surface area contributed by atoms with Gasteiger partial charge in [0.05, 0.1) is 17.1 Å². The van der Waals surface area contributed by atoms with E-state index in [1.54, 1.807) is 11.7 Å². The van der Waals surface area contributed by atoms with Crippen molar-refractivity contribution in [2.75, 3.05) is 11.9 Å². The van der Waals surface area contributed by atoms with Crippen LogP contribution in [0, 0.1) is 31.6 Å². The predicted molar refractivity (Wildman–Crippen MR) is 83.2 cm³/mol. The Morgan fingerprint density at radius 1 is 1.27 bits per heavy atom. The molecule has 0 radical (unpaired) electrons. The van der Waals surface area contributed by atoms with Crippen LogP contribution in [0.1, 0.15) is 24.2 Å². The topological polar surface area (TPSA) is 76.0 Å². The van der Waals surface area contributed by atoms with Gasteiger partial charge in [-0.2, -0.15) is 5.10 Å². The van der Waals surface area contributed by atoms with Crippen LogP contribution in [0.5, 0.6) is 0 Å². The Morgan fingerprint density at radius 2 is 2.05 bits per heavy atom. The molecule has 2 amide bonds. The number of aromatic nitrogens is 2. The Kier molecular flexibility index (Phi) is 3.76. The summed E-state index contributed by atoms with van der Waals surface area (Å²) < 4.78 is 1.68. The molecule has 0 unspecified atom stereocenters.